The first kappa shape index (κ1) is 12.9. The van der Waals surface area contributed by atoms with Crippen molar-refractivity contribution in [2.45, 2.75) is 19.6 Å². The summed E-state index contributed by atoms with van der Waals surface area (Å²) in [7, 11) is 0. The smallest absolute Gasteiger partial charge is 0.337 e. The molecule has 0 radical (unpaired) electrons. The van der Waals surface area contributed by atoms with Crippen molar-refractivity contribution in [1.82, 2.24) is 9.55 Å². The summed E-state index contributed by atoms with van der Waals surface area (Å²) in [5, 5.41) is 0. The molecular weight excluding hydrogens is 261 g/mol. The predicted octanol–water partition coefficient (Wildman–Crippen LogP) is 3.92. The number of nitrogens with one attached hydrogen (secondary N) is 1. The van der Waals surface area contributed by atoms with Crippen LogP contribution in [-0.4, -0.2) is 9.55 Å². The Morgan fingerprint density at radius 2 is 1.94 bits per heavy atom. The Hall–Kier alpha value is -1.56. The molecule has 96 valence electrons. The maximum absolute atomic E-state index is 12.8. The lowest BCUT2D eigenvalue weighted by atomic mass is 10.1. The van der Waals surface area contributed by atoms with Gasteiger partial charge in [0.1, 0.15) is 0 Å². The second-order valence-electron chi connectivity index (χ2n) is 3.98. The number of alkyl halides is 3. The monoisotopic (exact) mass is 272 g/mol. The molecular formula is C12H11F3N2S. The fraction of sp³-hybridized carbons (Fsp3) is 0.250. The van der Waals surface area contributed by atoms with Crippen LogP contribution in [0.25, 0.3) is 0 Å². The molecule has 1 N–H and O–H groups in total. The Bertz CT molecular complexity index is 610. The lowest BCUT2D eigenvalue weighted by Gasteiger charge is -2.13. The minimum absolute atomic E-state index is 0.115. The molecule has 1 heterocycles. The largest absolute Gasteiger partial charge is 0.416 e. The van der Waals surface area contributed by atoms with Crippen LogP contribution in [0.15, 0.2) is 30.5 Å². The number of benzene rings is 1. The van der Waals surface area contributed by atoms with Crippen LogP contribution in [0.1, 0.15) is 16.8 Å². The third-order valence-corrected chi connectivity index (χ3v) is 3.06. The van der Waals surface area contributed by atoms with Gasteiger partial charge < -0.3 is 9.55 Å². The lowest BCUT2D eigenvalue weighted by molar-refractivity contribution is -0.138. The summed E-state index contributed by atoms with van der Waals surface area (Å²) in [6.45, 7) is 1.91. The lowest BCUT2D eigenvalue weighted by Crippen LogP contribution is -2.12. The first-order chi connectivity index (χ1) is 8.39. The highest BCUT2D eigenvalue weighted by molar-refractivity contribution is 7.71. The number of H-pyrrole nitrogens is 1. The number of aromatic nitrogens is 2. The van der Waals surface area contributed by atoms with Gasteiger partial charge in [0, 0.05) is 11.9 Å². The zero-order valence-corrected chi connectivity index (χ0v) is 10.4. The van der Waals surface area contributed by atoms with Crippen molar-refractivity contribution < 1.29 is 13.2 Å². The molecule has 2 nitrogen and oxygen atoms in total. The Balaban J connectivity index is 2.45. The van der Waals surface area contributed by atoms with E-state index in [1.54, 1.807) is 23.8 Å². The van der Waals surface area contributed by atoms with Crippen molar-refractivity contribution in [3.63, 3.8) is 0 Å². The van der Waals surface area contributed by atoms with Crippen LogP contribution in [0.5, 0.6) is 0 Å². The fourth-order valence-corrected chi connectivity index (χ4v) is 2.05. The zero-order valence-electron chi connectivity index (χ0n) is 9.58. The van der Waals surface area contributed by atoms with Gasteiger partial charge >= 0.3 is 6.18 Å². The fourth-order valence-electron chi connectivity index (χ4n) is 1.78. The number of imidazole rings is 1. The summed E-state index contributed by atoms with van der Waals surface area (Å²) in [6.07, 6.45) is -2.67. The van der Waals surface area contributed by atoms with E-state index in [4.69, 9.17) is 12.2 Å². The van der Waals surface area contributed by atoms with E-state index in [2.05, 4.69) is 4.98 Å². The molecule has 0 spiro atoms. The summed E-state index contributed by atoms with van der Waals surface area (Å²) in [5.74, 6) is 0. The number of aromatic amines is 1. The number of hydrogen-bond donors (Lipinski definition) is 1. The van der Waals surface area contributed by atoms with E-state index in [-0.39, 0.29) is 12.1 Å². The maximum atomic E-state index is 12.8. The number of halogens is 3. The van der Waals surface area contributed by atoms with Crippen LogP contribution in [-0.2, 0) is 12.7 Å². The molecule has 18 heavy (non-hydrogen) atoms. The summed E-state index contributed by atoms with van der Waals surface area (Å²) in [4.78, 5) is 2.81. The third kappa shape index (κ3) is 2.48. The van der Waals surface area contributed by atoms with Gasteiger partial charge in [0.05, 0.1) is 12.1 Å². The Morgan fingerprint density at radius 3 is 2.50 bits per heavy atom. The molecule has 0 unspecified atom stereocenters. The van der Waals surface area contributed by atoms with Gasteiger partial charge in [-0.2, -0.15) is 13.2 Å². The van der Waals surface area contributed by atoms with Crippen molar-refractivity contribution in [3.8, 4) is 0 Å². The van der Waals surface area contributed by atoms with Gasteiger partial charge in [-0.25, -0.2) is 0 Å². The van der Waals surface area contributed by atoms with E-state index in [1.807, 2.05) is 0 Å². The Labute approximate surface area is 107 Å². The van der Waals surface area contributed by atoms with Crippen LogP contribution in [0.3, 0.4) is 0 Å². The molecule has 2 aromatic rings. The van der Waals surface area contributed by atoms with E-state index in [0.717, 1.165) is 11.8 Å². The molecule has 0 bridgehead atoms. The van der Waals surface area contributed by atoms with Crippen LogP contribution in [0.4, 0.5) is 13.2 Å². The second-order valence-corrected chi connectivity index (χ2v) is 4.36. The van der Waals surface area contributed by atoms with Gasteiger partial charge in [-0.05, 0) is 30.8 Å². The zero-order chi connectivity index (χ0) is 13.3. The molecule has 0 aliphatic heterocycles. The second kappa shape index (κ2) is 4.61. The molecule has 1 aromatic heterocycles. The number of rotatable bonds is 2. The first-order valence-electron chi connectivity index (χ1n) is 5.29. The number of nitrogens with zero attached hydrogens (tertiary/aromatic N) is 1. The molecule has 0 saturated carbocycles. The highest BCUT2D eigenvalue weighted by atomic mass is 32.1. The molecule has 2 rings (SSSR count). The third-order valence-electron chi connectivity index (χ3n) is 2.73. The van der Waals surface area contributed by atoms with Gasteiger partial charge in [-0.1, -0.05) is 18.2 Å². The van der Waals surface area contributed by atoms with Gasteiger partial charge in [0.2, 0.25) is 0 Å². The summed E-state index contributed by atoms with van der Waals surface area (Å²) >= 11 is 5.03. The predicted molar refractivity (Wildman–Crippen MR) is 64.9 cm³/mol. The topological polar surface area (TPSA) is 20.7 Å². The average Bonchev–Trinajstić information content (AvgIpc) is 2.60. The molecule has 0 aliphatic rings. The normalized spacial score (nSPS) is 11.8. The molecule has 0 amide bonds. The summed E-state index contributed by atoms with van der Waals surface area (Å²) in [5.41, 5.74) is 0.397. The van der Waals surface area contributed by atoms with Gasteiger partial charge in [-0.15, -0.1) is 0 Å². The summed E-state index contributed by atoms with van der Waals surface area (Å²) in [6, 6.07) is 5.53. The molecule has 0 atom stereocenters. The van der Waals surface area contributed by atoms with E-state index >= 15 is 0 Å². The number of aryl methyl sites for hydroxylation is 1. The van der Waals surface area contributed by atoms with E-state index in [0.29, 0.717) is 4.77 Å². The van der Waals surface area contributed by atoms with Crippen molar-refractivity contribution in [2.24, 2.45) is 0 Å². The van der Waals surface area contributed by atoms with Gasteiger partial charge in [-0.3, -0.25) is 0 Å². The van der Waals surface area contributed by atoms with E-state index in [1.165, 1.54) is 12.1 Å². The van der Waals surface area contributed by atoms with Crippen molar-refractivity contribution >= 4 is 12.2 Å². The SMILES string of the molecule is Cc1c[nH]c(=S)n1Cc1ccccc1C(F)(F)F. The minimum Gasteiger partial charge on any atom is -0.337 e. The maximum Gasteiger partial charge on any atom is 0.416 e. The van der Waals surface area contributed by atoms with Crippen molar-refractivity contribution in [1.29, 1.82) is 0 Å². The quantitative estimate of drug-likeness (QED) is 0.822. The van der Waals surface area contributed by atoms with Crippen LogP contribution in [0.2, 0.25) is 0 Å². The Morgan fingerprint density at radius 1 is 1.28 bits per heavy atom. The highest BCUT2D eigenvalue weighted by Crippen LogP contribution is 2.32. The van der Waals surface area contributed by atoms with E-state index < -0.39 is 11.7 Å². The van der Waals surface area contributed by atoms with Gasteiger partial charge in [0.15, 0.2) is 4.77 Å². The average molecular weight is 272 g/mol. The Kier molecular flexibility index (Phi) is 3.30. The van der Waals surface area contributed by atoms with Crippen LogP contribution >= 0.6 is 12.2 Å². The van der Waals surface area contributed by atoms with Crippen LogP contribution < -0.4 is 0 Å². The summed E-state index contributed by atoms with van der Waals surface area (Å²) < 4.78 is 40.6. The number of hydrogen-bond acceptors (Lipinski definition) is 1. The van der Waals surface area contributed by atoms with Crippen LogP contribution in [0, 0.1) is 11.7 Å². The molecule has 6 heteroatoms. The standard InChI is InChI=1S/C12H11F3N2S/c1-8-6-16-11(18)17(8)7-9-4-2-3-5-10(9)12(13,14)15/h2-6H,7H2,1H3,(H,16,18). The highest BCUT2D eigenvalue weighted by Gasteiger charge is 2.32. The van der Waals surface area contributed by atoms with Crippen molar-refractivity contribution in [2.75, 3.05) is 0 Å². The molecule has 0 saturated heterocycles. The molecule has 0 aliphatic carbocycles. The van der Waals surface area contributed by atoms with Crippen molar-refractivity contribution in [3.05, 3.63) is 52.1 Å². The van der Waals surface area contributed by atoms with E-state index in [9.17, 15) is 13.2 Å². The molecule has 0 fully saturated rings. The van der Waals surface area contributed by atoms with Gasteiger partial charge in [0.25, 0.3) is 0 Å². The molecule has 1 aromatic carbocycles. The first-order valence-corrected chi connectivity index (χ1v) is 5.70. The minimum atomic E-state index is -4.34.